The van der Waals surface area contributed by atoms with Gasteiger partial charge in [-0.25, -0.2) is 0 Å². The van der Waals surface area contributed by atoms with Crippen LogP contribution in [-0.4, -0.2) is 32.0 Å². The fourth-order valence-corrected chi connectivity index (χ4v) is 1.26. The van der Waals surface area contributed by atoms with Gasteiger partial charge in [-0.15, -0.1) is 0 Å². The summed E-state index contributed by atoms with van der Waals surface area (Å²) in [7, 11) is 0. The average Bonchev–Trinajstić information content (AvgIpc) is 2.00. The van der Waals surface area contributed by atoms with Crippen molar-refractivity contribution in [3.8, 4) is 0 Å². The first-order valence-corrected chi connectivity index (χ1v) is 4.64. The van der Waals surface area contributed by atoms with Gasteiger partial charge in [-0.2, -0.15) is 0 Å². The number of aliphatic hydroxyl groups is 3. The Bertz CT molecular complexity index is 220. The topological polar surface area (TPSA) is 77.8 Å². The van der Waals surface area contributed by atoms with Crippen molar-refractivity contribution in [3.63, 3.8) is 0 Å². The number of rotatable bonds is 3. The summed E-state index contributed by atoms with van der Waals surface area (Å²) in [6, 6.07) is 0. The fourth-order valence-electron chi connectivity index (χ4n) is 0.665. The van der Waals surface area contributed by atoms with Gasteiger partial charge < -0.3 is 15.3 Å². The summed E-state index contributed by atoms with van der Waals surface area (Å²) < 4.78 is 0. The molecule has 0 aliphatic rings. The summed E-state index contributed by atoms with van der Waals surface area (Å²) in [5.74, 6) is -0.291. The van der Waals surface area contributed by atoms with Crippen LogP contribution < -0.4 is 0 Å². The molecule has 13 heavy (non-hydrogen) atoms. The van der Waals surface area contributed by atoms with Gasteiger partial charge in [0.1, 0.15) is 17.3 Å². The number of carbonyl (C=O) groups is 1. The van der Waals surface area contributed by atoms with Gasteiger partial charge in [-0.05, 0) is 19.4 Å². The molecular formula is C8H14O4S. The van der Waals surface area contributed by atoms with Crippen LogP contribution in [0.2, 0.25) is 0 Å². The molecule has 76 valence electrons. The highest BCUT2D eigenvalue weighted by Gasteiger charge is 2.22. The molecule has 3 N–H and O–H groups in total. The van der Waals surface area contributed by atoms with Crippen molar-refractivity contribution in [2.75, 3.05) is 0 Å². The van der Waals surface area contributed by atoms with E-state index in [0.717, 1.165) is 0 Å². The maximum absolute atomic E-state index is 10.5. The van der Waals surface area contributed by atoms with Crippen molar-refractivity contribution in [1.29, 1.82) is 0 Å². The van der Waals surface area contributed by atoms with Crippen LogP contribution in [0.25, 0.3) is 0 Å². The summed E-state index contributed by atoms with van der Waals surface area (Å²) in [6.45, 7) is 4.48. The standard InChI is InChI=1S/C8H14O4S/c1-4(2)6(10)7(11)8(12)13-5(3)9/h7-8,10-12H,1-3H3/t7?,8-/m0/s1. The Labute approximate surface area is 81.3 Å². The Morgan fingerprint density at radius 3 is 2.00 bits per heavy atom. The van der Waals surface area contributed by atoms with Gasteiger partial charge >= 0.3 is 0 Å². The van der Waals surface area contributed by atoms with E-state index in [2.05, 4.69) is 0 Å². The van der Waals surface area contributed by atoms with Crippen LogP contribution in [0.1, 0.15) is 20.8 Å². The highest BCUT2D eigenvalue weighted by Crippen LogP contribution is 2.18. The Balaban J connectivity index is 4.34. The van der Waals surface area contributed by atoms with Gasteiger partial charge in [-0.1, -0.05) is 11.8 Å². The van der Waals surface area contributed by atoms with Gasteiger partial charge in [0, 0.05) is 6.92 Å². The van der Waals surface area contributed by atoms with E-state index in [-0.39, 0.29) is 10.9 Å². The third-order valence-corrected chi connectivity index (χ3v) is 2.18. The molecule has 0 saturated carbocycles. The number of aliphatic hydroxyl groups excluding tert-OH is 3. The second kappa shape index (κ2) is 5.26. The van der Waals surface area contributed by atoms with Gasteiger partial charge in [0.15, 0.2) is 5.12 Å². The summed E-state index contributed by atoms with van der Waals surface area (Å²) in [6.07, 6.45) is -1.40. The van der Waals surface area contributed by atoms with E-state index in [1.807, 2.05) is 0 Å². The SMILES string of the molecule is CC(=O)S[C@H](O)C(O)C(O)=C(C)C. The third kappa shape index (κ3) is 4.31. The van der Waals surface area contributed by atoms with E-state index >= 15 is 0 Å². The first kappa shape index (κ1) is 12.5. The van der Waals surface area contributed by atoms with E-state index in [1.165, 1.54) is 6.92 Å². The summed E-state index contributed by atoms with van der Waals surface area (Å²) in [5, 5.41) is 27.4. The second-order valence-electron chi connectivity index (χ2n) is 2.83. The van der Waals surface area contributed by atoms with Crippen molar-refractivity contribution >= 4 is 16.9 Å². The van der Waals surface area contributed by atoms with Crippen molar-refractivity contribution in [2.24, 2.45) is 0 Å². The maximum atomic E-state index is 10.5. The molecule has 0 spiro atoms. The average molecular weight is 206 g/mol. The molecule has 4 nitrogen and oxygen atoms in total. The van der Waals surface area contributed by atoms with Crippen LogP contribution in [0.15, 0.2) is 11.3 Å². The molecule has 0 aromatic rings. The molecule has 0 radical (unpaired) electrons. The van der Waals surface area contributed by atoms with Crippen molar-refractivity contribution in [1.82, 2.24) is 0 Å². The largest absolute Gasteiger partial charge is 0.509 e. The van der Waals surface area contributed by atoms with Crippen molar-refractivity contribution in [2.45, 2.75) is 32.3 Å². The maximum Gasteiger partial charge on any atom is 0.188 e. The van der Waals surface area contributed by atoms with Gasteiger partial charge in [-0.3, -0.25) is 4.79 Å². The number of hydrogen-bond acceptors (Lipinski definition) is 5. The van der Waals surface area contributed by atoms with Gasteiger partial charge in [0.05, 0.1) is 0 Å². The van der Waals surface area contributed by atoms with E-state index < -0.39 is 11.5 Å². The zero-order valence-corrected chi connectivity index (χ0v) is 8.63. The molecule has 2 atom stereocenters. The molecule has 0 aliphatic carbocycles. The first-order valence-electron chi connectivity index (χ1n) is 3.76. The molecule has 0 amide bonds. The summed E-state index contributed by atoms with van der Waals surface area (Å²) >= 11 is 0.581. The van der Waals surface area contributed by atoms with Crippen molar-refractivity contribution < 1.29 is 20.1 Å². The lowest BCUT2D eigenvalue weighted by Crippen LogP contribution is -2.26. The Morgan fingerprint density at radius 1 is 1.23 bits per heavy atom. The van der Waals surface area contributed by atoms with Crippen LogP contribution in [-0.2, 0) is 4.79 Å². The lowest BCUT2D eigenvalue weighted by atomic mass is 10.2. The van der Waals surface area contributed by atoms with Crippen LogP contribution in [0.4, 0.5) is 0 Å². The molecule has 0 rings (SSSR count). The molecular weight excluding hydrogens is 192 g/mol. The summed E-state index contributed by atoms with van der Waals surface area (Å²) in [5.41, 5.74) is -0.803. The Morgan fingerprint density at radius 2 is 1.69 bits per heavy atom. The molecule has 0 fully saturated rings. The smallest absolute Gasteiger partial charge is 0.188 e. The first-order chi connectivity index (χ1) is 5.86. The predicted molar refractivity (Wildman–Crippen MR) is 51.3 cm³/mol. The molecule has 0 saturated heterocycles. The quantitative estimate of drug-likeness (QED) is 0.470. The Kier molecular flexibility index (Phi) is 5.05. The lowest BCUT2D eigenvalue weighted by Gasteiger charge is -2.16. The fraction of sp³-hybridized carbons (Fsp3) is 0.625. The van der Waals surface area contributed by atoms with Crippen LogP contribution >= 0.6 is 11.8 Å². The molecule has 1 unspecified atom stereocenters. The highest BCUT2D eigenvalue weighted by molar-refractivity contribution is 8.14. The minimum absolute atomic E-state index is 0.291. The zero-order chi connectivity index (χ0) is 10.6. The minimum atomic E-state index is -1.40. The molecule has 0 aromatic heterocycles. The van der Waals surface area contributed by atoms with E-state index in [1.54, 1.807) is 13.8 Å². The normalized spacial score (nSPS) is 14.8. The number of hydrogen-bond donors (Lipinski definition) is 3. The van der Waals surface area contributed by atoms with E-state index in [9.17, 15) is 20.1 Å². The van der Waals surface area contributed by atoms with Crippen LogP contribution in [0.3, 0.4) is 0 Å². The molecule has 0 aromatic carbocycles. The highest BCUT2D eigenvalue weighted by atomic mass is 32.2. The molecule has 0 heterocycles. The number of carbonyl (C=O) groups excluding carboxylic acids is 1. The lowest BCUT2D eigenvalue weighted by molar-refractivity contribution is -0.109. The number of thioether (sulfide) groups is 1. The molecule has 0 aliphatic heterocycles. The van der Waals surface area contributed by atoms with E-state index in [4.69, 9.17) is 0 Å². The number of allylic oxidation sites excluding steroid dienone is 1. The molecule has 0 bridgehead atoms. The second-order valence-corrected chi connectivity index (χ2v) is 4.12. The van der Waals surface area contributed by atoms with Gasteiger partial charge in [0.25, 0.3) is 0 Å². The third-order valence-electron chi connectivity index (χ3n) is 1.35. The Hall–Kier alpha value is -0.520. The summed E-state index contributed by atoms with van der Waals surface area (Å²) in [4.78, 5) is 10.5. The van der Waals surface area contributed by atoms with E-state index in [0.29, 0.717) is 17.3 Å². The molecule has 5 heteroatoms. The van der Waals surface area contributed by atoms with Crippen LogP contribution in [0, 0.1) is 0 Å². The minimum Gasteiger partial charge on any atom is -0.509 e. The predicted octanol–water partition coefficient (Wildman–Crippen LogP) is 0.797. The van der Waals surface area contributed by atoms with Crippen LogP contribution in [0.5, 0.6) is 0 Å². The zero-order valence-electron chi connectivity index (χ0n) is 7.81. The van der Waals surface area contributed by atoms with Gasteiger partial charge in [0.2, 0.25) is 0 Å². The van der Waals surface area contributed by atoms with Crippen molar-refractivity contribution in [3.05, 3.63) is 11.3 Å². The monoisotopic (exact) mass is 206 g/mol.